The predicted molar refractivity (Wildman–Crippen MR) is 186 cm³/mol. The van der Waals surface area contributed by atoms with E-state index in [9.17, 15) is 29.1 Å². The lowest BCUT2D eigenvalue weighted by Gasteiger charge is -2.33. The molecule has 1 heterocycles. The summed E-state index contributed by atoms with van der Waals surface area (Å²) < 4.78 is 5.99. The van der Waals surface area contributed by atoms with Crippen LogP contribution in [-0.2, 0) is 24.0 Å². The molecule has 3 aromatic rings. The number of amides is 4. The molecule has 4 amide bonds. The lowest BCUT2D eigenvalue weighted by Crippen LogP contribution is -2.51. The van der Waals surface area contributed by atoms with E-state index in [2.05, 4.69) is 10.6 Å². The van der Waals surface area contributed by atoms with Crippen LogP contribution in [0.5, 0.6) is 5.75 Å². The first-order valence-electron chi connectivity index (χ1n) is 15.6. The van der Waals surface area contributed by atoms with Crippen molar-refractivity contribution in [3.8, 4) is 5.75 Å². The number of unbranched alkanes of at least 4 members (excludes halogenated alkanes) is 1. The highest BCUT2D eigenvalue weighted by atomic mass is 32.2. The van der Waals surface area contributed by atoms with Gasteiger partial charge in [-0.3, -0.25) is 28.9 Å². The van der Waals surface area contributed by atoms with Crippen molar-refractivity contribution in [1.29, 1.82) is 0 Å². The summed E-state index contributed by atoms with van der Waals surface area (Å²) in [7, 11) is 0. The Hall–Kier alpha value is -4.33. The average Bonchev–Trinajstić information content (AvgIpc) is 3.18. The first-order chi connectivity index (χ1) is 23.1. The maximum atomic E-state index is 14.4. The van der Waals surface area contributed by atoms with Gasteiger partial charge in [-0.2, -0.15) is 0 Å². The van der Waals surface area contributed by atoms with Crippen LogP contribution in [-0.4, -0.2) is 59.4 Å². The molecule has 0 fully saturated rings. The number of thioether (sulfide) groups is 2. The standard InChI is InChI=1S/C35H40N4O7S2/c1-4-6-17-35(5-2)33(44)39(23-15-11-8-12-16-23)25-18-28(47-3)26(19-27(25)48-34(35)45)46-21-29(41)38-30(22-13-9-7-10-14-22)32(43)37-24(20-40)31(36)42/h7-16,18-19,24,30,40H,4-6,17,20-21H2,1-3H3,(H2,36,42)(H,37,43)(H,38,41)/t24-,30+,35?/m0/s1. The molecule has 4 rings (SSSR count). The van der Waals surface area contributed by atoms with Crippen molar-refractivity contribution in [3.63, 3.8) is 0 Å². The number of hydrogen-bond donors (Lipinski definition) is 4. The molecular formula is C35H40N4O7S2. The highest BCUT2D eigenvalue weighted by Crippen LogP contribution is 2.51. The van der Waals surface area contributed by atoms with Gasteiger partial charge in [0.15, 0.2) is 6.61 Å². The summed E-state index contributed by atoms with van der Waals surface area (Å²) in [5, 5.41) is 14.2. The van der Waals surface area contributed by atoms with Crippen LogP contribution >= 0.6 is 23.5 Å². The van der Waals surface area contributed by atoms with Gasteiger partial charge in [0.25, 0.3) is 5.91 Å². The minimum atomic E-state index is -1.34. The van der Waals surface area contributed by atoms with E-state index >= 15 is 0 Å². The van der Waals surface area contributed by atoms with Gasteiger partial charge in [-0.15, -0.1) is 11.8 Å². The molecule has 3 aromatic carbocycles. The SMILES string of the molecule is CCCCC1(CC)C(=O)Sc2cc(OCC(=O)N[C@@H](C(=O)N[C@@H](CO)C(N)=O)c3ccccc3)c(SC)cc2N(c2ccccc2)C1=O. The van der Waals surface area contributed by atoms with Gasteiger partial charge in [0.2, 0.25) is 22.8 Å². The number of carbonyl (C=O) groups excluding carboxylic acids is 5. The molecule has 0 radical (unpaired) electrons. The largest absolute Gasteiger partial charge is 0.483 e. The van der Waals surface area contributed by atoms with Crippen molar-refractivity contribution in [3.05, 3.63) is 78.4 Å². The number of aliphatic hydroxyl groups excluding tert-OH is 1. The molecule has 0 saturated heterocycles. The topological polar surface area (TPSA) is 168 Å². The quantitative estimate of drug-likeness (QED) is 0.133. The molecule has 0 aromatic heterocycles. The molecule has 0 aliphatic carbocycles. The lowest BCUT2D eigenvalue weighted by atomic mass is 9.79. The van der Waals surface area contributed by atoms with Crippen LogP contribution < -0.4 is 26.0 Å². The van der Waals surface area contributed by atoms with E-state index in [-0.39, 0.29) is 11.0 Å². The molecule has 0 bridgehead atoms. The number of para-hydroxylation sites is 1. The number of nitrogens with one attached hydrogen (secondary N) is 2. The number of hydrogen-bond acceptors (Lipinski definition) is 9. The molecule has 11 nitrogen and oxygen atoms in total. The zero-order valence-corrected chi connectivity index (χ0v) is 28.7. The van der Waals surface area contributed by atoms with Gasteiger partial charge in [-0.25, -0.2) is 0 Å². The number of rotatable bonds is 15. The summed E-state index contributed by atoms with van der Waals surface area (Å²) in [6.07, 6.45) is 4.16. The predicted octanol–water partition coefficient (Wildman–Crippen LogP) is 4.49. The van der Waals surface area contributed by atoms with Crippen molar-refractivity contribution < 1.29 is 33.8 Å². The number of nitrogens with two attached hydrogens (primary N) is 1. The second kappa shape index (κ2) is 16.7. The normalized spacial score (nSPS) is 17.1. The van der Waals surface area contributed by atoms with Gasteiger partial charge < -0.3 is 26.2 Å². The number of anilines is 2. The maximum Gasteiger partial charge on any atom is 0.258 e. The molecule has 13 heteroatoms. The minimum absolute atomic E-state index is 0.238. The van der Waals surface area contributed by atoms with Crippen LogP contribution in [0.4, 0.5) is 11.4 Å². The summed E-state index contributed by atoms with van der Waals surface area (Å²) >= 11 is 2.36. The molecule has 48 heavy (non-hydrogen) atoms. The maximum absolute atomic E-state index is 14.4. The second-order valence-electron chi connectivity index (χ2n) is 11.2. The van der Waals surface area contributed by atoms with Gasteiger partial charge in [-0.1, -0.05) is 75.2 Å². The van der Waals surface area contributed by atoms with Crippen LogP contribution in [0.3, 0.4) is 0 Å². The van der Waals surface area contributed by atoms with Crippen molar-refractivity contribution in [1.82, 2.24) is 10.6 Å². The van der Waals surface area contributed by atoms with Crippen molar-refractivity contribution in [2.75, 3.05) is 24.4 Å². The number of benzene rings is 3. The van der Waals surface area contributed by atoms with Crippen LogP contribution in [0.2, 0.25) is 0 Å². The monoisotopic (exact) mass is 692 g/mol. The highest BCUT2D eigenvalue weighted by molar-refractivity contribution is 8.14. The average molecular weight is 693 g/mol. The van der Waals surface area contributed by atoms with Crippen molar-refractivity contribution >= 4 is 63.6 Å². The fourth-order valence-electron chi connectivity index (χ4n) is 5.41. The van der Waals surface area contributed by atoms with E-state index in [1.54, 1.807) is 47.4 Å². The minimum Gasteiger partial charge on any atom is -0.483 e. The summed E-state index contributed by atoms with van der Waals surface area (Å²) in [4.78, 5) is 69.1. The summed E-state index contributed by atoms with van der Waals surface area (Å²) in [6, 6.07) is 18.5. The van der Waals surface area contributed by atoms with E-state index in [4.69, 9.17) is 10.5 Å². The van der Waals surface area contributed by atoms with Crippen LogP contribution in [0.25, 0.3) is 0 Å². The lowest BCUT2D eigenvalue weighted by molar-refractivity contribution is -0.136. The number of fused-ring (bicyclic) bond motifs is 1. The summed E-state index contributed by atoms with van der Waals surface area (Å²) in [5.74, 6) is -2.26. The number of ether oxygens (including phenoxy) is 1. The fourth-order valence-corrected chi connectivity index (χ4v) is 7.11. The van der Waals surface area contributed by atoms with Crippen LogP contribution in [0, 0.1) is 5.41 Å². The van der Waals surface area contributed by atoms with Crippen LogP contribution in [0.15, 0.2) is 82.6 Å². The van der Waals surface area contributed by atoms with Gasteiger partial charge in [0.05, 0.1) is 17.2 Å². The van der Waals surface area contributed by atoms with E-state index in [1.807, 2.05) is 50.4 Å². The molecule has 5 N–H and O–H groups in total. The first kappa shape index (κ1) is 36.5. The highest BCUT2D eigenvalue weighted by Gasteiger charge is 2.49. The van der Waals surface area contributed by atoms with E-state index in [0.717, 1.165) is 24.6 Å². The fraction of sp³-hybridized carbons (Fsp3) is 0.343. The number of nitrogens with zero attached hydrogens (tertiary/aromatic N) is 1. The Labute approximate surface area is 288 Å². The summed E-state index contributed by atoms with van der Waals surface area (Å²) in [5.41, 5.74) is 5.67. The zero-order chi connectivity index (χ0) is 34.8. The summed E-state index contributed by atoms with van der Waals surface area (Å²) in [6.45, 7) is 2.70. The molecule has 0 spiro atoms. The number of aliphatic hydroxyl groups is 1. The number of primary amides is 1. The van der Waals surface area contributed by atoms with Crippen molar-refractivity contribution in [2.24, 2.45) is 11.1 Å². The van der Waals surface area contributed by atoms with Crippen molar-refractivity contribution in [2.45, 2.75) is 61.4 Å². The molecule has 1 aliphatic heterocycles. The van der Waals surface area contributed by atoms with Gasteiger partial charge in [0.1, 0.15) is 23.2 Å². The Morgan fingerprint density at radius 2 is 1.69 bits per heavy atom. The Kier molecular flexibility index (Phi) is 12.7. The third-order valence-electron chi connectivity index (χ3n) is 8.17. The van der Waals surface area contributed by atoms with E-state index in [0.29, 0.717) is 45.3 Å². The third kappa shape index (κ3) is 8.03. The molecule has 3 atom stereocenters. The molecular weight excluding hydrogens is 653 g/mol. The first-order valence-corrected chi connectivity index (χ1v) is 17.7. The zero-order valence-electron chi connectivity index (χ0n) is 27.1. The Morgan fingerprint density at radius 3 is 2.27 bits per heavy atom. The third-order valence-corrected chi connectivity index (χ3v) is 10.1. The molecule has 1 aliphatic rings. The van der Waals surface area contributed by atoms with E-state index in [1.165, 1.54) is 11.8 Å². The second-order valence-corrected chi connectivity index (χ2v) is 13.1. The number of carbonyl (C=O) groups is 5. The van der Waals surface area contributed by atoms with E-state index < -0.39 is 48.4 Å². The van der Waals surface area contributed by atoms with Gasteiger partial charge >= 0.3 is 0 Å². The Balaban J connectivity index is 1.65. The van der Waals surface area contributed by atoms with Gasteiger partial charge in [-0.05, 0) is 60.7 Å². The Bertz CT molecular complexity index is 1640. The Morgan fingerprint density at radius 1 is 1.02 bits per heavy atom. The molecule has 1 unspecified atom stereocenters. The molecule has 0 saturated carbocycles. The van der Waals surface area contributed by atoms with Crippen LogP contribution in [0.1, 0.15) is 51.1 Å². The van der Waals surface area contributed by atoms with Gasteiger partial charge in [0, 0.05) is 10.6 Å². The smallest absolute Gasteiger partial charge is 0.258 e. The molecule has 254 valence electrons.